The van der Waals surface area contributed by atoms with Crippen LogP contribution in [0.3, 0.4) is 0 Å². The first kappa shape index (κ1) is 13.5. The lowest BCUT2D eigenvalue weighted by Gasteiger charge is -2.12. The van der Waals surface area contributed by atoms with Crippen LogP contribution in [0.2, 0.25) is 0 Å². The quantitative estimate of drug-likeness (QED) is 0.930. The minimum Gasteiger partial charge on any atom is -0.429 e. The third-order valence-electron chi connectivity index (χ3n) is 2.41. The molecule has 0 atom stereocenters. The van der Waals surface area contributed by atoms with Gasteiger partial charge in [0.05, 0.1) is 0 Å². The molecule has 18 heavy (non-hydrogen) atoms. The first-order chi connectivity index (χ1) is 8.60. The fourth-order valence-electron chi connectivity index (χ4n) is 1.52. The van der Waals surface area contributed by atoms with E-state index in [1.54, 1.807) is 0 Å². The van der Waals surface area contributed by atoms with Crippen molar-refractivity contribution in [3.63, 3.8) is 0 Å². The van der Waals surface area contributed by atoms with E-state index in [9.17, 15) is 0 Å². The van der Waals surface area contributed by atoms with Gasteiger partial charge in [-0.05, 0) is 29.7 Å². The van der Waals surface area contributed by atoms with Crippen molar-refractivity contribution < 1.29 is 4.74 Å². The number of halogens is 1. The molecule has 0 bridgehead atoms. The Hall–Kier alpha value is -0.980. The number of aromatic nitrogens is 2. The van der Waals surface area contributed by atoms with Crippen molar-refractivity contribution in [3.8, 4) is 10.9 Å². The first-order valence-electron chi connectivity index (χ1n) is 5.60. The topological polar surface area (TPSA) is 61.0 Å². The van der Waals surface area contributed by atoms with E-state index in [1.807, 2.05) is 12.1 Å². The minimum absolute atomic E-state index is 0.374. The predicted octanol–water partition coefficient (Wildman–Crippen LogP) is 3.68. The molecule has 4 nitrogen and oxygen atoms in total. The third kappa shape index (κ3) is 3.07. The highest BCUT2D eigenvalue weighted by Crippen LogP contribution is 2.33. The maximum absolute atomic E-state index is 5.78. The molecule has 2 N–H and O–H groups in total. The van der Waals surface area contributed by atoms with Crippen LogP contribution in [0.5, 0.6) is 10.9 Å². The van der Waals surface area contributed by atoms with Crippen LogP contribution >= 0.6 is 27.3 Å². The van der Waals surface area contributed by atoms with Crippen molar-refractivity contribution in [2.45, 2.75) is 26.3 Å². The third-order valence-corrected chi connectivity index (χ3v) is 3.73. The van der Waals surface area contributed by atoms with E-state index in [0.717, 1.165) is 20.8 Å². The smallest absolute Gasteiger partial charge is 0.299 e. The maximum Gasteiger partial charge on any atom is 0.299 e. The van der Waals surface area contributed by atoms with Crippen LogP contribution in [-0.2, 0) is 6.54 Å². The Labute approximate surface area is 118 Å². The molecule has 96 valence electrons. The molecule has 0 saturated heterocycles. The molecule has 2 aromatic rings. The largest absolute Gasteiger partial charge is 0.429 e. The van der Waals surface area contributed by atoms with Gasteiger partial charge in [-0.3, -0.25) is 0 Å². The van der Waals surface area contributed by atoms with Gasteiger partial charge in [-0.1, -0.05) is 46.2 Å². The zero-order chi connectivity index (χ0) is 13.1. The number of rotatable bonds is 4. The van der Waals surface area contributed by atoms with Gasteiger partial charge >= 0.3 is 0 Å². The fraction of sp³-hybridized carbons (Fsp3) is 0.333. The molecule has 0 amide bonds. The maximum atomic E-state index is 5.78. The molecule has 2 rings (SSSR count). The summed E-state index contributed by atoms with van der Waals surface area (Å²) in [6.07, 6.45) is 0. The Kier molecular flexibility index (Phi) is 4.31. The van der Waals surface area contributed by atoms with E-state index in [1.165, 1.54) is 11.3 Å². The van der Waals surface area contributed by atoms with Crippen molar-refractivity contribution in [1.82, 2.24) is 10.2 Å². The van der Waals surface area contributed by atoms with Gasteiger partial charge in [0.15, 0.2) is 0 Å². The number of nitrogens with two attached hydrogens (primary N) is 1. The minimum atomic E-state index is 0.374. The normalized spacial score (nSPS) is 10.9. The molecule has 1 aromatic heterocycles. The molecule has 0 aliphatic rings. The van der Waals surface area contributed by atoms with Crippen molar-refractivity contribution in [2.75, 3.05) is 0 Å². The molecule has 1 heterocycles. The molecule has 0 aliphatic carbocycles. The summed E-state index contributed by atoms with van der Waals surface area (Å²) in [6.45, 7) is 4.64. The van der Waals surface area contributed by atoms with Gasteiger partial charge in [0.1, 0.15) is 10.8 Å². The van der Waals surface area contributed by atoms with Gasteiger partial charge < -0.3 is 10.5 Å². The number of nitrogens with zero attached hydrogens (tertiary/aromatic N) is 2. The molecule has 1 aromatic carbocycles. The van der Waals surface area contributed by atoms with Gasteiger partial charge in [-0.2, -0.15) is 0 Å². The number of hydrogen-bond donors (Lipinski definition) is 1. The number of hydrogen-bond acceptors (Lipinski definition) is 5. The summed E-state index contributed by atoms with van der Waals surface area (Å²) >= 11 is 4.84. The summed E-state index contributed by atoms with van der Waals surface area (Å²) in [7, 11) is 0. The predicted molar refractivity (Wildman–Crippen MR) is 76.1 cm³/mol. The van der Waals surface area contributed by atoms with E-state index in [0.29, 0.717) is 17.7 Å². The highest BCUT2D eigenvalue weighted by atomic mass is 79.9. The van der Waals surface area contributed by atoms with Crippen molar-refractivity contribution in [1.29, 1.82) is 0 Å². The van der Waals surface area contributed by atoms with Crippen LogP contribution in [0, 0.1) is 0 Å². The Morgan fingerprint density at radius 2 is 2.17 bits per heavy atom. The van der Waals surface area contributed by atoms with Gasteiger partial charge in [0, 0.05) is 11.0 Å². The van der Waals surface area contributed by atoms with E-state index in [-0.39, 0.29) is 0 Å². The van der Waals surface area contributed by atoms with Crippen molar-refractivity contribution >= 4 is 27.3 Å². The summed E-state index contributed by atoms with van der Waals surface area (Å²) in [4.78, 5) is 0. The van der Waals surface area contributed by atoms with Gasteiger partial charge in [0.25, 0.3) is 5.19 Å². The summed E-state index contributed by atoms with van der Waals surface area (Å²) in [6, 6.07) is 5.94. The molecular formula is C12H14BrN3OS. The Morgan fingerprint density at radius 1 is 1.39 bits per heavy atom. The van der Waals surface area contributed by atoms with Crippen LogP contribution in [-0.4, -0.2) is 10.2 Å². The van der Waals surface area contributed by atoms with Crippen LogP contribution in [0.15, 0.2) is 22.7 Å². The first-order valence-corrected chi connectivity index (χ1v) is 7.21. The molecule has 0 aliphatic heterocycles. The summed E-state index contributed by atoms with van der Waals surface area (Å²) in [5, 5.41) is 9.19. The highest BCUT2D eigenvalue weighted by Gasteiger charge is 2.12. The van der Waals surface area contributed by atoms with Crippen LogP contribution in [0.1, 0.15) is 30.3 Å². The number of ether oxygens (including phenoxy) is 1. The van der Waals surface area contributed by atoms with Crippen molar-refractivity contribution in [2.24, 2.45) is 5.73 Å². The molecular weight excluding hydrogens is 314 g/mol. The monoisotopic (exact) mass is 327 g/mol. The fourth-order valence-corrected chi connectivity index (χ4v) is 2.48. The average molecular weight is 328 g/mol. The molecule has 6 heteroatoms. The Balaban J connectivity index is 2.28. The second-order valence-corrected chi connectivity index (χ2v) is 6.05. The second-order valence-electron chi connectivity index (χ2n) is 4.10. The lowest BCUT2D eigenvalue weighted by molar-refractivity contribution is 0.464. The van der Waals surface area contributed by atoms with Crippen LogP contribution in [0.25, 0.3) is 0 Å². The van der Waals surface area contributed by atoms with Crippen molar-refractivity contribution in [3.05, 3.63) is 33.2 Å². The number of benzene rings is 1. The van der Waals surface area contributed by atoms with Crippen LogP contribution < -0.4 is 10.5 Å². The van der Waals surface area contributed by atoms with Crippen LogP contribution in [0.4, 0.5) is 0 Å². The highest BCUT2D eigenvalue weighted by molar-refractivity contribution is 9.10. The summed E-state index contributed by atoms with van der Waals surface area (Å²) < 4.78 is 6.82. The Morgan fingerprint density at radius 3 is 2.78 bits per heavy atom. The SMILES string of the molecule is CC(C)c1cc(Br)ccc1Oc1nnc(CN)s1. The van der Waals surface area contributed by atoms with E-state index < -0.39 is 0 Å². The standard InChI is InChI=1S/C12H14BrN3OS/c1-7(2)9-5-8(13)3-4-10(9)17-12-16-15-11(6-14)18-12/h3-5,7H,6,14H2,1-2H3. The zero-order valence-electron chi connectivity index (χ0n) is 10.2. The molecule has 0 unspecified atom stereocenters. The average Bonchev–Trinajstić information content (AvgIpc) is 2.79. The molecule has 0 fully saturated rings. The lowest BCUT2D eigenvalue weighted by Crippen LogP contribution is -1.94. The van der Waals surface area contributed by atoms with Gasteiger partial charge in [-0.25, -0.2) is 0 Å². The molecule has 0 spiro atoms. The Bertz CT molecular complexity index is 542. The summed E-state index contributed by atoms with van der Waals surface area (Å²) in [5.41, 5.74) is 6.63. The van der Waals surface area contributed by atoms with E-state index >= 15 is 0 Å². The second kappa shape index (κ2) is 5.77. The van der Waals surface area contributed by atoms with Gasteiger partial charge in [-0.15, -0.1) is 5.10 Å². The summed E-state index contributed by atoms with van der Waals surface area (Å²) in [5.74, 6) is 1.19. The van der Waals surface area contributed by atoms with E-state index in [4.69, 9.17) is 10.5 Å². The van der Waals surface area contributed by atoms with Gasteiger partial charge in [0.2, 0.25) is 0 Å². The van der Waals surface area contributed by atoms with E-state index in [2.05, 4.69) is 46.0 Å². The lowest BCUT2D eigenvalue weighted by atomic mass is 10.0. The molecule has 0 radical (unpaired) electrons. The zero-order valence-corrected chi connectivity index (χ0v) is 12.6. The molecule has 0 saturated carbocycles.